The van der Waals surface area contributed by atoms with Gasteiger partial charge in [-0.15, -0.1) is 11.3 Å². The number of aromatic nitrogens is 1. The first-order valence-electron chi connectivity index (χ1n) is 5.20. The van der Waals surface area contributed by atoms with Gasteiger partial charge in [-0.2, -0.15) is 0 Å². The van der Waals surface area contributed by atoms with Crippen molar-refractivity contribution in [2.24, 2.45) is 0 Å². The molecular formula is C11H9N3O3S2. The van der Waals surface area contributed by atoms with Crippen LogP contribution >= 0.6 is 22.7 Å². The van der Waals surface area contributed by atoms with Crippen molar-refractivity contribution in [2.75, 3.05) is 7.05 Å². The number of amides is 1. The standard InChI is InChI=1S/C11H9N3O3S2/c1-12-11(15)8-6-13-9(19-8)4-2-7-3-5-10(18-7)14(16)17/h2-6H,1H3,(H,12,15). The third kappa shape index (κ3) is 3.24. The van der Waals surface area contributed by atoms with E-state index < -0.39 is 4.92 Å². The molecule has 2 aromatic heterocycles. The van der Waals surface area contributed by atoms with Crippen molar-refractivity contribution >= 4 is 45.7 Å². The van der Waals surface area contributed by atoms with E-state index in [1.165, 1.54) is 23.6 Å². The molecular weight excluding hydrogens is 286 g/mol. The van der Waals surface area contributed by atoms with Gasteiger partial charge in [0.25, 0.3) is 5.91 Å². The molecule has 8 heteroatoms. The zero-order valence-corrected chi connectivity index (χ0v) is 11.5. The van der Waals surface area contributed by atoms with Crippen LogP contribution in [-0.4, -0.2) is 22.9 Å². The van der Waals surface area contributed by atoms with Crippen molar-refractivity contribution < 1.29 is 9.72 Å². The highest BCUT2D eigenvalue weighted by Crippen LogP contribution is 2.26. The molecule has 1 amide bonds. The Morgan fingerprint density at radius 3 is 2.84 bits per heavy atom. The quantitative estimate of drug-likeness (QED) is 0.694. The molecule has 0 aliphatic carbocycles. The molecule has 1 N–H and O–H groups in total. The summed E-state index contributed by atoms with van der Waals surface area (Å²) in [6.07, 6.45) is 4.97. The van der Waals surface area contributed by atoms with Gasteiger partial charge in [0.1, 0.15) is 9.88 Å². The van der Waals surface area contributed by atoms with E-state index in [0.717, 1.165) is 16.2 Å². The van der Waals surface area contributed by atoms with Gasteiger partial charge in [-0.25, -0.2) is 4.98 Å². The molecule has 0 saturated heterocycles. The van der Waals surface area contributed by atoms with Crippen molar-refractivity contribution in [1.82, 2.24) is 10.3 Å². The fourth-order valence-electron chi connectivity index (χ4n) is 1.28. The minimum atomic E-state index is -0.422. The molecule has 2 aromatic rings. The van der Waals surface area contributed by atoms with Crippen molar-refractivity contribution in [1.29, 1.82) is 0 Å². The average Bonchev–Trinajstić information content (AvgIpc) is 3.04. The number of hydrogen-bond donors (Lipinski definition) is 1. The number of nitrogens with zero attached hydrogens (tertiary/aromatic N) is 2. The molecule has 0 unspecified atom stereocenters. The summed E-state index contributed by atoms with van der Waals surface area (Å²) in [6, 6.07) is 3.13. The predicted octanol–water partition coefficient (Wildman–Crippen LogP) is 2.64. The lowest BCUT2D eigenvalue weighted by Gasteiger charge is -1.90. The lowest BCUT2D eigenvalue weighted by molar-refractivity contribution is -0.380. The van der Waals surface area contributed by atoms with Crippen LogP contribution in [0.4, 0.5) is 5.00 Å². The lowest BCUT2D eigenvalue weighted by atomic mass is 10.4. The second-order valence-electron chi connectivity index (χ2n) is 3.41. The van der Waals surface area contributed by atoms with E-state index in [1.54, 1.807) is 25.3 Å². The third-order valence-corrected chi connectivity index (χ3v) is 4.12. The lowest BCUT2D eigenvalue weighted by Crippen LogP contribution is -2.16. The molecule has 0 radical (unpaired) electrons. The van der Waals surface area contributed by atoms with Crippen LogP contribution in [0, 0.1) is 10.1 Å². The topological polar surface area (TPSA) is 85.1 Å². The average molecular weight is 295 g/mol. The summed E-state index contributed by atoms with van der Waals surface area (Å²) in [5.74, 6) is -0.177. The van der Waals surface area contributed by atoms with Crippen LogP contribution in [0.3, 0.4) is 0 Å². The summed E-state index contributed by atoms with van der Waals surface area (Å²) in [7, 11) is 1.56. The number of carbonyl (C=O) groups is 1. The van der Waals surface area contributed by atoms with Gasteiger partial charge in [-0.05, 0) is 18.2 Å². The van der Waals surface area contributed by atoms with Crippen LogP contribution in [0.25, 0.3) is 12.2 Å². The first kappa shape index (κ1) is 13.4. The summed E-state index contributed by atoms with van der Waals surface area (Å²) in [5.41, 5.74) is 0. The van der Waals surface area contributed by atoms with Crippen LogP contribution in [-0.2, 0) is 0 Å². The molecule has 6 nitrogen and oxygen atoms in total. The van der Waals surface area contributed by atoms with Crippen LogP contribution in [0.2, 0.25) is 0 Å². The van der Waals surface area contributed by atoms with E-state index in [2.05, 4.69) is 10.3 Å². The highest BCUT2D eigenvalue weighted by Gasteiger charge is 2.09. The van der Waals surface area contributed by atoms with Gasteiger partial charge in [-0.3, -0.25) is 14.9 Å². The number of nitrogens with one attached hydrogen (secondary N) is 1. The Morgan fingerprint density at radius 2 is 2.21 bits per heavy atom. The Kier molecular flexibility index (Phi) is 4.03. The molecule has 2 rings (SSSR count). The van der Waals surface area contributed by atoms with E-state index in [0.29, 0.717) is 9.88 Å². The fraction of sp³-hybridized carbons (Fsp3) is 0.0909. The van der Waals surface area contributed by atoms with E-state index in [1.807, 2.05) is 0 Å². The maximum atomic E-state index is 11.3. The van der Waals surface area contributed by atoms with Gasteiger partial charge in [0, 0.05) is 18.0 Å². The highest BCUT2D eigenvalue weighted by molar-refractivity contribution is 7.16. The van der Waals surface area contributed by atoms with Crippen LogP contribution in [0.15, 0.2) is 18.3 Å². The van der Waals surface area contributed by atoms with Gasteiger partial charge in [0.15, 0.2) is 0 Å². The fourth-order valence-corrected chi connectivity index (χ4v) is 2.77. The largest absolute Gasteiger partial charge is 0.354 e. The Labute approximate surface area is 116 Å². The summed E-state index contributed by atoms with van der Waals surface area (Å²) in [4.78, 5) is 26.8. The molecule has 19 heavy (non-hydrogen) atoms. The number of nitro groups is 1. The van der Waals surface area contributed by atoms with Crippen molar-refractivity contribution in [3.63, 3.8) is 0 Å². The second-order valence-corrected chi connectivity index (χ2v) is 5.56. The van der Waals surface area contributed by atoms with E-state index in [9.17, 15) is 14.9 Å². The Hall–Kier alpha value is -2.06. The molecule has 0 bridgehead atoms. The Morgan fingerprint density at radius 1 is 1.42 bits per heavy atom. The summed E-state index contributed by atoms with van der Waals surface area (Å²) >= 11 is 2.35. The van der Waals surface area contributed by atoms with Crippen LogP contribution < -0.4 is 5.32 Å². The van der Waals surface area contributed by atoms with Gasteiger partial charge < -0.3 is 5.32 Å². The second kappa shape index (κ2) is 5.72. The van der Waals surface area contributed by atoms with E-state index >= 15 is 0 Å². The Balaban J connectivity index is 2.11. The molecule has 2 heterocycles. The number of rotatable bonds is 4. The van der Waals surface area contributed by atoms with Crippen molar-refractivity contribution in [3.8, 4) is 0 Å². The first-order valence-corrected chi connectivity index (χ1v) is 6.83. The maximum absolute atomic E-state index is 11.3. The summed E-state index contributed by atoms with van der Waals surface area (Å²) in [5, 5.41) is 13.8. The molecule has 0 saturated carbocycles. The minimum Gasteiger partial charge on any atom is -0.354 e. The van der Waals surface area contributed by atoms with Crippen LogP contribution in [0.5, 0.6) is 0 Å². The first-order chi connectivity index (χ1) is 9.10. The summed E-state index contributed by atoms with van der Waals surface area (Å²) < 4.78 is 0. The van der Waals surface area contributed by atoms with E-state index in [4.69, 9.17) is 0 Å². The Bertz CT molecular complexity index is 645. The zero-order chi connectivity index (χ0) is 13.8. The monoisotopic (exact) mass is 295 g/mol. The van der Waals surface area contributed by atoms with Gasteiger partial charge >= 0.3 is 5.00 Å². The van der Waals surface area contributed by atoms with Crippen molar-refractivity contribution in [2.45, 2.75) is 0 Å². The third-order valence-electron chi connectivity index (χ3n) is 2.16. The van der Waals surface area contributed by atoms with Gasteiger partial charge in [-0.1, -0.05) is 11.3 Å². The maximum Gasteiger partial charge on any atom is 0.324 e. The number of thiazole rings is 1. The molecule has 0 spiro atoms. The summed E-state index contributed by atoms with van der Waals surface area (Å²) in [6.45, 7) is 0. The molecule has 0 aliphatic rings. The predicted molar refractivity (Wildman–Crippen MR) is 75.4 cm³/mol. The molecule has 0 aromatic carbocycles. The number of thiophene rings is 1. The molecule has 0 fully saturated rings. The molecule has 98 valence electrons. The normalized spacial score (nSPS) is 10.8. The smallest absolute Gasteiger partial charge is 0.324 e. The molecule has 0 aliphatic heterocycles. The number of carbonyl (C=O) groups excluding carboxylic acids is 1. The number of hydrogen-bond acceptors (Lipinski definition) is 6. The zero-order valence-electron chi connectivity index (χ0n) is 9.82. The van der Waals surface area contributed by atoms with Crippen molar-refractivity contribution in [3.05, 3.63) is 43.2 Å². The minimum absolute atomic E-state index is 0.102. The van der Waals surface area contributed by atoms with E-state index in [-0.39, 0.29) is 10.9 Å². The van der Waals surface area contributed by atoms with Crippen LogP contribution in [0.1, 0.15) is 19.6 Å². The molecule has 0 atom stereocenters. The van der Waals surface area contributed by atoms with Gasteiger partial charge in [0.2, 0.25) is 0 Å². The highest BCUT2D eigenvalue weighted by atomic mass is 32.1. The SMILES string of the molecule is CNC(=O)c1cnc(C=Cc2ccc([N+](=O)[O-])s2)s1. The van der Waals surface area contributed by atoms with Gasteiger partial charge in [0.05, 0.1) is 11.1 Å².